The number of nitriles is 1. The lowest BCUT2D eigenvalue weighted by atomic mass is 9.99. The zero-order chi connectivity index (χ0) is 23.8. The van der Waals surface area contributed by atoms with Crippen LogP contribution in [0.5, 0.6) is 0 Å². The molecule has 0 bridgehead atoms. The smallest absolute Gasteiger partial charge is 0.271 e. The van der Waals surface area contributed by atoms with E-state index >= 15 is 0 Å². The first-order valence-corrected chi connectivity index (χ1v) is 10.1. The van der Waals surface area contributed by atoms with Crippen LogP contribution < -0.4 is 16.6 Å². The molecule has 33 heavy (non-hydrogen) atoms. The average molecular weight is 446 g/mol. The van der Waals surface area contributed by atoms with E-state index in [1.807, 2.05) is 6.07 Å². The Kier molecular flexibility index (Phi) is 5.52. The Morgan fingerprint density at radius 2 is 1.88 bits per heavy atom. The molecule has 3 N–H and O–H groups in total. The number of halogens is 2. The Morgan fingerprint density at radius 3 is 2.55 bits per heavy atom. The number of alkyl halides is 2. The predicted octanol–water partition coefficient (Wildman–Crippen LogP) is 4.52. The number of rotatable bonds is 5. The van der Waals surface area contributed by atoms with E-state index in [-0.39, 0.29) is 28.1 Å². The van der Waals surface area contributed by atoms with E-state index in [4.69, 9.17) is 5.73 Å². The lowest BCUT2D eigenvalue weighted by Gasteiger charge is -2.23. The van der Waals surface area contributed by atoms with Crippen molar-refractivity contribution in [2.45, 2.75) is 25.8 Å². The fraction of sp³-hybridized carbons (Fsp3) is 0.167. The average Bonchev–Trinajstić information content (AvgIpc) is 2.78. The molecule has 4 aromatic rings. The van der Waals surface area contributed by atoms with Gasteiger partial charge in [0.25, 0.3) is 11.5 Å². The van der Waals surface area contributed by atoms with Crippen LogP contribution in [0.25, 0.3) is 16.5 Å². The highest BCUT2D eigenvalue weighted by Gasteiger charge is 2.29. The van der Waals surface area contributed by atoms with E-state index < -0.39 is 17.5 Å². The Labute approximate surface area is 188 Å². The van der Waals surface area contributed by atoms with Crippen LogP contribution in [0.15, 0.2) is 65.7 Å². The van der Waals surface area contributed by atoms with Gasteiger partial charge in [-0.25, -0.2) is 18.7 Å². The van der Waals surface area contributed by atoms with Crippen LogP contribution in [-0.4, -0.2) is 14.5 Å². The molecule has 1 unspecified atom stereocenters. The molecule has 1 atom stereocenters. The summed E-state index contributed by atoms with van der Waals surface area (Å²) in [6, 6.07) is 16.3. The third kappa shape index (κ3) is 3.99. The second-order valence-corrected chi connectivity index (χ2v) is 7.66. The van der Waals surface area contributed by atoms with E-state index in [2.05, 4.69) is 15.3 Å². The van der Waals surface area contributed by atoms with Gasteiger partial charge in [-0.2, -0.15) is 5.26 Å². The van der Waals surface area contributed by atoms with Gasteiger partial charge < -0.3 is 11.1 Å². The molecule has 4 rings (SSSR count). The number of hydrogen-bond acceptors (Lipinski definition) is 6. The molecule has 0 saturated carbocycles. The van der Waals surface area contributed by atoms with Gasteiger partial charge in [0, 0.05) is 23.9 Å². The minimum absolute atomic E-state index is 0.0241. The molecule has 0 aliphatic heterocycles. The maximum absolute atomic E-state index is 14.3. The van der Waals surface area contributed by atoms with Crippen molar-refractivity contribution >= 4 is 22.4 Å². The zero-order valence-electron chi connectivity index (χ0n) is 17.9. The van der Waals surface area contributed by atoms with Crippen molar-refractivity contribution in [1.82, 2.24) is 14.5 Å². The van der Waals surface area contributed by atoms with E-state index in [1.54, 1.807) is 49.4 Å². The molecule has 2 aromatic heterocycles. The highest BCUT2D eigenvalue weighted by molar-refractivity contribution is 5.86. The standard InChI is InChI=1S/C24H20F2N6O/c1-14(31-22-17(12-27)21(28)29-13-30-22)19-11-15-7-6-10-18(24(2,25)26)20(15)23(33)32(19)16-8-4-3-5-9-16/h3-11,13-14H,1-2H3,(H3,28,29,30,31). The van der Waals surface area contributed by atoms with Crippen molar-refractivity contribution < 1.29 is 8.78 Å². The second-order valence-electron chi connectivity index (χ2n) is 7.66. The van der Waals surface area contributed by atoms with Crippen molar-refractivity contribution in [2.24, 2.45) is 0 Å². The number of aromatic nitrogens is 3. The van der Waals surface area contributed by atoms with Crippen LogP contribution in [-0.2, 0) is 5.92 Å². The predicted molar refractivity (Wildman–Crippen MR) is 122 cm³/mol. The minimum Gasteiger partial charge on any atom is -0.382 e. The van der Waals surface area contributed by atoms with E-state index in [0.29, 0.717) is 16.8 Å². The van der Waals surface area contributed by atoms with Gasteiger partial charge in [-0.3, -0.25) is 9.36 Å². The summed E-state index contributed by atoms with van der Waals surface area (Å²) in [5.74, 6) is -2.96. The van der Waals surface area contributed by atoms with Gasteiger partial charge in [0.2, 0.25) is 0 Å². The highest BCUT2D eigenvalue weighted by atomic mass is 19.3. The SMILES string of the molecule is CC(Nc1ncnc(N)c1C#N)c1cc2cccc(C(C)(F)F)c2c(=O)n1-c1ccccc1. The molecule has 0 fully saturated rings. The first-order valence-electron chi connectivity index (χ1n) is 10.1. The highest BCUT2D eigenvalue weighted by Crippen LogP contribution is 2.33. The number of para-hydroxylation sites is 1. The molecular formula is C24H20F2N6O. The largest absolute Gasteiger partial charge is 0.382 e. The van der Waals surface area contributed by atoms with Crippen LogP contribution in [0.3, 0.4) is 0 Å². The molecular weight excluding hydrogens is 426 g/mol. The minimum atomic E-state index is -3.20. The fourth-order valence-electron chi connectivity index (χ4n) is 3.81. The zero-order valence-corrected chi connectivity index (χ0v) is 17.9. The number of hydrogen-bond donors (Lipinski definition) is 2. The summed E-state index contributed by atoms with van der Waals surface area (Å²) in [5.41, 5.74) is 5.97. The number of anilines is 2. The molecule has 0 radical (unpaired) electrons. The van der Waals surface area contributed by atoms with Gasteiger partial charge in [-0.1, -0.05) is 36.4 Å². The van der Waals surface area contributed by atoms with Gasteiger partial charge in [0.15, 0.2) is 0 Å². The van der Waals surface area contributed by atoms with Crippen LogP contribution in [0, 0.1) is 11.3 Å². The molecule has 0 spiro atoms. The first kappa shape index (κ1) is 21.9. The van der Waals surface area contributed by atoms with Crippen LogP contribution >= 0.6 is 0 Å². The lowest BCUT2D eigenvalue weighted by Crippen LogP contribution is -2.27. The van der Waals surface area contributed by atoms with Crippen molar-refractivity contribution in [1.29, 1.82) is 5.26 Å². The number of fused-ring (bicyclic) bond motifs is 1. The van der Waals surface area contributed by atoms with Crippen LogP contribution in [0.4, 0.5) is 20.4 Å². The number of nitrogen functional groups attached to an aromatic ring is 1. The monoisotopic (exact) mass is 446 g/mol. The van der Waals surface area contributed by atoms with Crippen molar-refractivity contribution in [2.75, 3.05) is 11.1 Å². The van der Waals surface area contributed by atoms with Gasteiger partial charge in [0.1, 0.15) is 29.6 Å². The van der Waals surface area contributed by atoms with E-state index in [0.717, 1.165) is 6.92 Å². The molecule has 2 aromatic carbocycles. The third-order valence-corrected chi connectivity index (χ3v) is 5.35. The van der Waals surface area contributed by atoms with Crippen molar-refractivity contribution in [3.8, 4) is 11.8 Å². The van der Waals surface area contributed by atoms with Gasteiger partial charge in [0.05, 0.1) is 11.4 Å². The summed E-state index contributed by atoms with van der Waals surface area (Å²) in [6.07, 6.45) is 1.23. The Hall–Kier alpha value is -4.32. The molecule has 0 aliphatic rings. The topological polar surface area (TPSA) is 110 Å². The van der Waals surface area contributed by atoms with E-state index in [9.17, 15) is 18.8 Å². The first-order chi connectivity index (χ1) is 15.7. The summed E-state index contributed by atoms with van der Waals surface area (Å²) >= 11 is 0. The number of nitrogens with zero attached hydrogens (tertiary/aromatic N) is 4. The number of nitrogens with one attached hydrogen (secondary N) is 1. The van der Waals surface area contributed by atoms with Crippen molar-refractivity contribution in [3.05, 3.63) is 88.1 Å². The normalized spacial score (nSPS) is 12.3. The van der Waals surface area contributed by atoms with Crippen LogP contribution in [0.2, 0.25) is 0 Å². The molecule has 166 valence electrons. The number of benzene rings is 2. The maximum Gasteiger partial charge on any atom is 0.271 e. The van der Waals surface area contributed by atoms with Gasteiger partial charge in [-0.15, -0.1) is 0 Å². The molecule has 0 saturated heterocycles. The summed E-state index contributed by atoms with van der Waals surface area (Å²) in [6.45, 7) is 2.55. The molecule has 0 amide bonds. The van der Waals surface area contributed by atoms with Gasteiger partial charge >= 0.3 is 0 Å². The van der Waals surface area contributed by atoms with Gasteiger partial charge in [-0.05, 0) is 30.5 Å². The van der Waals surface area contributed by atoms with E-state index in [1.165, 1.54) is 23.0 Å². The van der Waals surface area contributed by atoms with Crippen LogP contribution in [0.1, 0.15) is 36.7 Å². The Morgan fingerprint density at radius 1 is 1.15 bits per heavy atom. The Bertz CT molecular complexity index is 1440. The molecule has 2 heterocycles. The number of nitrogens with two attached hydrogens (primary N) is 1. The maximum atomic E-state index is 14.3. The molecule has 7 nitrogen and oxygen atoms in total. The summed E-state index contributed by atoms with van der Waals surface area (Å²) in [4.78, 5) is 21.6. The summed E-state index contributed by atoms with van der Waals surface area (Å²) < 4.78 is 30.1. The molecule has 0 aliphatic carbocycles. The third-order valence-electron chi connectivity index (χ3n) is 5.35. The number of pyridine rings is 1. The molecule has 9 heteroatoms. The summed E-state index contributed by atoms with van der Waals surface area (Å²) in [5, 5.41) is 12.9. The second kappa shape index (κ2) is 8.31. The van der Waals surface area contributed by atoms with Crippen molar-refractivity contribution in [3.63, 3.8) is 0 Å². The fourth-order valence-corrected chi connectivity index (χ4v) is 3.81. The quantitative estimate of drug-likeness (QED) is 0.467. The Balaban J connectivity index is 1.98. The lowest BCUT2D eigenvalue weighted by molar-refractivity contribution is 0.0190. The summed E-state index contributed by atoms with van der Waals surface area (Å²) in [7, 11) is 0.